The lowest BCUT2D eigenvalue weighted by Crippen LogP contribution is -2.46. The lowest BCUT2D eigenvalue weighted by atomic mass is 10.2. The fourth-order valence-electron chi connectivity index (χ4n) is 2.78. The van der Waals surface area contributed by atoms with Crippen molar-refractivity contribution >= 4 is 11.5 Å². The van der Waals surface area contributed by atoms with Crippen LogP contribution in [0.4, 0.5) is 11.5 Å². The summed E-state index contributed by atoms with van der Waals surface area (Å²) in [4.78, 5) is 13.3. The summed E-state index contributed by atoms with van der Waals surface area (Å²) in [6.07, 6.45) is 6.29. The quantitative estimate of drug-likeness (QED) is 0.827. The van der Waals surface area contributed by atoms with E-state index in [1.165, 1.54) is 5.69 Å². The highest BCUT2D eigenvalue weighted by Gasteiger charge is 2.16. The van der Waals surface area contributed by atoms with Gasteiger partial charge in [-0.3, -0.25) is 9.88 Å². The van der Waals surface area contributed by atoms with E-state index in [4.69, 9.17) is 0 Å². The molecule has 116 valence electrons. The Morgan fingerprint density at radius 1 is 1.00 bits per heavy atom. The second-order valence-corrected chi connectivity index (χ2v) is 5.54. The molecule has 0 spiro atoms. The number of rotatable bonds is 6. The second-order valence-electron chi connectivity index (χ2n) is 5.54. The van der Waals surface area contributed by atoms with Gasteiger partial charge >= 0.3 is 0 Å². The molecule has 0 bridgehead atoms. The van der Waals surface area contributed by atoms with Crippen LogP contribution in [0.1, 0.15) is 6.42 Å². The summed E-state index contributed by atoms with van der Waals surface area (Å²) in [5.41, 5.74) is 1.34. The van der Waals surface area contributed by atoms with Crippen molar-refractivity contribution in [2.24, 2.45) is 0 Å². The van der Waals surface area contributed by atoms with Crippen molar-refractivity contribution in [1.29, 1.82) is 0 Å². The van der Waals surface area contributed by atoms with Gasteiger partial charge in [0.1, 0.15) is 5.82 Å². The van der Waals surface area contributed by atoms with Crippen LogP contribution in [0.2, 0.25) is 0 Å². The molecule has 0 radical (unpaired) electrons. The Morgan fingerprint density at radius 3 is 2.55 bits per heavy atom. The Bertz CT molecular complexity index is 537. The maximum Gasteiger partial charge on any atom is 0.144 e. The van der Waals surface area contributed by atoms with E-state index in [1.807, 2.05) is 0 Å². The Hall–Kier alpha value is -2.14. The first-order valence-electron chi connectivity index (χ1n) is 7.94. The number of anilines is 2. The molecule has 1 aliphatic rings. The minimum absolute atomic E-state index is 0.858. The van der Waals surface area contributed by atoms with Crippen LogP contribution >= 0.6 is 0 Å². The number of hydrogen-bond acceptors (Lipinski definition) is 5. The van der Waals surface area contributed by atoms with Crippen LogP contribution in [0, 0.1) is 0 Å². The zero-order valence-electron chi connectivity index (χ0n) is 12.9. The van der Waals surface area contributed by atoms with Crippen LogP contribution in [0.5, 0.6) is 0 Å². The van der Waals surface area contributed by atoms with Crippen LogP contribution in [0.3, 0.4) is 0 Å². The van der Waals surface area contributed by atoms with E-state index in [2.05, 4.69) is 55.4 Å². The lowest BCUT2D eigenvalue weighted by molar-refractivity contribution is 0.257. The van der Waals surface area contributed by atoms with Crippen molar-refractivity contribution in [3.05, 3.63) is 48.9 Å². The molecular weight excluding hydrogens is 274 g/mol. The molecule has 1 fully saturated rings. The molecule has 1 N–H and O–H groups in total. The van der Waals surface area contributed by atoms with Crippen LogP contribution in [0.15, 0.2) is 48.9 Å². The minimum atomic E-state index is 0.858. The molecule has 2 heterocycles. The lowest BCUT2D eigenvalue weighted by Gasteiger charge is -2.36. The van der Waals surface area contributed by atoms with Gasteiger partial charge in [0, 0.05) is 50.8 Å². The highest BCUT2D eigenvalue weighted by atomic mass is 15.3. The smallest absolute Gasteiger partial charge is 0.144 e. The molecule has 0 aliphatic carbocycles. The summed E-state index contributed by atoms with van der Waals surface area (Å²) in [5, 5.41) is 3.31. The number of nitrogens with one attached hydrogen (secondary N) is 1. The van der Waals surface area contributed by atoms with Gasteiger partial charge in [-0.25, -0.2) is 4.98 Å². The highest BCUT2D eigenvalue weighted by Crippen LogP contribution is 2.15. The van der Waals surface area contributed by atoms with Crippen molar-refractivity contribution in [3.63, 3.8) is 0 Å². The van der Waals surface area contributed by atoms with Gasteiger partial charge in [-0.15, -0.1) is 0 Å². The average Bonchev–Trinajstić information content (AvgIpc) is 2.61. The van der Waals surface area contributed by atoms with Gasteiger partial charge in [-0.2, -0.15) is 0 Å². The molecule has 5 nitrogen and oxygen atoms in total. The van der Waals surface area contributed by atoms with Crippen molar-refractivity contribution < 1.29 is 0 Å². The highest BCUT2D eigenvalue weighted by molar-refractivity contribution is 5.46. The average molecular weight is 297 g/mol. The largest absolute Gasteiger partial charge is 0.369 e. The fourth-order valence-corrected chi connectivity index (χ4v) is 2.78. The number of benzene rings is 1. The standard InChI is InChI=1S/C17H23N5/c1-2-5-16(6-3-1)22-13-11-21(12-14-22)10-4-7-19-17-15-18-8-9-20-17/h1-3,5-6,8-9,15H,4,7,10-14H2,(H,19,20). The predicted molar refractivity (Wildman–Crippen MR) is 90.2 cm³/mol. The van der Waals surface area contributed by atoms with Crippen LogP contribution in [0.25, 0.3) is 0 Å². The normalized spacial score (nSPS) is 15.7. The Balaban J connectivity index is 1.34. The van der Waals surface area contributed by atoms with Crippen molar-refractivity contribution in [3.8, 4) is 0 Å². The summed E-state index contributed by atoms with van der Waals surface area (Å²) >= 11 is 0. The molecule has 1 aromatic heterocycles. The minimum Gasteiger partial charge on any atom is -0.369 e. The molecule has 0 saturated carbocycles. The summed E-state index contributed by atoms with van der Waals surface area (Å²) in [6.45, 7) is 6.58. The van der Waals surface area contributed by atoms with Crippen LogP contribution in [-0.4, -0.2) is 54.1 Å². The predicted octanol–water partition coefficient (Wildman–Crippen LogP) is 2.10. The van der Waals surface area contributed by atoms with Crippen molar-refractivity contribution in [2.75, 3.05) is 49.5 Å². The van der Waals surface area contributed by atoms with Gasteiger partial charge in [0.05, 0.1) is 6.20 Å². The number of piperazine rings is 1. The third kappa shape index (κ3) is 4.18. The molecule has 1 aliphatic heterocycles. The van der Waals surface area contributed by atoms with E-state index in [-0.39, 0.29) is 0 Å². The maximum absolute atomic E-state index is 4.21. The molecule has 0 unspecified atom stereocenters. The molecule has 22 heavy (non-hydrogen) atoms. The van der Waals surface area contributed by atoms with Crippen molar-refractivity contribution in [2.45, 2.75) is 6.42 Å². The number of aromatic nitrogens is 2. The molecule has 0 atom stereocenters. The van der Waals surface area contributed by atoms with Gasteiger partial charge in [-0.1, -0.05) is 18.2 Å². The van der Waals surface area contributed by atoms with Crippen LogP contribution < -0.4 is 10.2 Å². The Labute approximate surface area is 132 Å². The first-order chi connectivity index (χ1) is 10.9. The van der Waals surface area contributed by atoms with E-state index in [9.17, 15) is 0 Å². The number of hydrogen-bond donors (Lipinski definition) is 1. The number of para-hydroxylation sites is 1. The van der Waals surface area contributed by atoms with Gasteiger partial charge in [0.15, 0.2) is 0 Å². The van der Waals surface area contributed by atoms with Gasteiger partial charge in [0.25, 0.3) is 0 Å². The summed E-state index contributed by atoms with van der Waals surface area (Å²) in [7, 11) is 0. The zero-order chi connectivity index (χ0) is 15.0. The maximum atomic E-state index is 4.21. The van der Waals surface area contributed by atoms with E-state index in [0.717, 1.165) is 51.5 Å². The molecule has 5 heteroatoms. The third-order valence-corrected chi connectivity index (χ3v) is 4.01. The Kier molecular flexibility index (Phi) is 5.21. The topological polar surface area (TPSA) is 44.3 Å². The molecule has 3 rings (SSSR count). The van der Waals surface area contributed by atoms with E-state index in [0.29, 0.717) is 0 Å². The van der Waals surface area contributed by atoms with E-state index >= 15 is 0 Å². The second kappa shape index (κ2) is 7.75. The molecule has 0 amide bonds. The van der Waals surface area contributed by atoms with Crippen LogP contribution in [-0.2, 0) is 0 Å². The fraction of sp³-hybridized carbons (Fsp3) is 0.412. The first-order valence-corrected chi connectivity index (χ1v) is 7.94. The monoisotopic (exact) mass is 297 g/mol. The molecule has 1 aromatic carbocycles. The number of nitrogens with zero attached hydrogens (tertiary/aromatic N) is 4. The van der Waals surface area contributed by atoms with Crippen molar-refractivity contribution in [1.82, 2.24) is 14.9 Å². The van der Waals surface area contributed by atoms with E-state index in [1.54, 1.807) is 18.6 Å². The first kappa shape index (κ1) is 14.8. The van der Waals surface area contributed by atoms with Gasteiger partial charge < -0.3 is 10.2 Å². The summed E-state index contributed by atoms with van der Waals surface area (Å²) < 4.78 is 0. The summed E-state index contributed by atoms with van der Waals surface area (Å²) in [5.74, 6) is 0.858. The molecule has 2 aromatic rings. The zero-order valence-corrected chi connectivity index (χ0v) is 12.9. The van der Waals surface area contributed by atoms with E-state index < -0.39 is 0 Å². The van der Waals surface area contributed by atoms with Gasteiger partial charge in [-0.05, 0) is 25.1 Å². The van der Waals surface area contributed by atoms with Gasteiger partial charge in [0.2, 0.25) is 0 Å². The SMILES string of the molecule is c1ccc(N2CCN(CCCNc3cnccn3)CC2)cc1. The Morgan fingerprint density at radius 2 is 1.82 bits per heavy atom. The summed E-state index contributed by atoms with van der Waals surface area (Å²) in [6, 6.07) is 10.7. The molecule has 1 saturated heterocycles. The molecular formula is C17H23N5. The third-order valence-electron chi connectivity index (χ3n) is 4.01.